The lowest BCUT2D eigenvalue weighted by Gasteiger charge is -2.36. The van der Waals surface area contributed by atoms with E-state index in [0.717, 1.165) is 4.90 Å². The number of para-hydroxylation sites is 1. The van der Waals surface area contributed by atoms with E-state index in [1.807, 2.05) is 4.90 Å². The number of carbonyl (C=O) groups is 3. The van der Waals surface area contributed by atoms with Gasteiger partial charge in [0.1, 0.15) is 5.82 Å². The first kappa shape index (κ1) is 18.9. The van der Waals surface area contributed by atoms with Gasteiger partial charge in [-0.1, -0.05) is 24.3 Å². The largest absolute Gasteiger partial charge is 0.366 e. The molecule has 1 fully saturated rings. The quantitative estimate of drug-likeness (QED) is 0.802. The van der Waals surface area contributed by atoms with Gasteiger partial charge in [0, 0.05) is 39.3 Å². The summed E-state index contributed by atoms with van der Waals surface area (Å²) in [6.45, 7) is 2.30. The number of fused-ring (bicyclic) bond motifs is 1. The van der Waals surface area contributed by atoms with Crippen LogP contribution in [0, 0.1) is 5.82 Å². The Bertz CT molecular complexity index is 921. The zero-order valence-electron chi connectivity index (χ0n) is 15.8. The molecule has 0 aromatic heterocycles. The number of piperazine rings is 1. The summed E-state index contributed by atoms with van der Waals surface area (Å²) in [7, 11) is 0. The third kappa shape index (κ3) is 3.65. The fraction of sp³-hybridized carbons (Fsp3) is 0.286. The van der Waals surface area contributed by atoms with Crippen molar-refractivity contribution < 1.29 is 18.8 Å². The van der Waals surface area contributed by atoms with Gasteiger partial charge in [0.25, 0.3) is 11.8 Å². The number of carbonyl (C=O) groups excluding carboxylic acids is 3. The van der Waals surface area contributed by atoms with Crippen molar-refractivity contribution in [2.45, 2.75) is 0 Å². The highest BCUT2D eigenvalue weighted by atomic mass is 19.1. The molecule has 0 bridgehead atoms. The minimum Gasteiger partial charge on any atom is -0.366 e. The summed E-state index contributed by atoms with van der Waals surface area (Å²) in [5.74, 6) is -0.942. The molecule has 0 saturated carbocycles. The van der Waals surface area contributed by atoms with Crippen LogP contribution in [-0.4, -0.2) is 66.9 Å². The average molecular weight is 396 g/mol. The Morgan fingerprint density at radius 3 is 2.10 bits per heavy atom. The number of anilines is 1. The molecule has 150 valence electrons. The summed E-state index contributed by atoms with van der Waals surface area (Å²) in [5, 5.41) is 2.76. The predicted octanol–water partition coefficient (Wildman–Crippen LogP) is 1.95. The van der Waals surface area contributed by atoms with Crippen molar-refractivity contribution >= 4 is 23.5 Å². The molecule has 2 aromatic rings. The molecule has 1 saturated heterocycles. The summed E-state index contributed by atoms with van der Waals surface area (Å²) >= 11 is 0. The minimum absolute atomic E-state index is 0.118. The molecule has 8 heteroatoms. The maximum absolute atomic E-state index is 13.9. The normalized spacial score (nSPS) is 16.2. The Balaban J connectivity index is 1.26. The van der Waals surface area contributed by atoms with Gasteiger partial charge in [-0.05, 0) is 24.3 Å². The number of imide groups is 1. The fourth-order valence-electron chi connectivity index (χ4n) is 3.69. The second-order valence-electron chi connectivity index (χ2n) is 6.96. The molecular weight excluding hydrogens is 375 g/mol. The number of urea groups is 1. The Morgan fingerprint density at radius 2 is 1.48 bits per heavy atom. The Morgan fingerprint density at radius 1 is 0.897 bits per heavy atom. The van der Waals surface area contributed by atoms with E-state index < -0.39 is 0 Å². The molecule has 0 spiro atoms. The number of nitrogens with zero attached hydrogens (tertiary/aromatic N) is 3. The molecule has 1 N–H and O–H groups in total. The summed E-state index contributed by atoms with van der Waals surface area (Å²) in [4.78, 5) is 41.8. The van der Waals surface area contributed by atoms with Crippen LogP contribution >= 0.6 is 0 Å². The third-order valence-corrected chi connectivity index (χ3v) is 5.25. The van der Waals surface area contributed by atoms with Gasteiger partial charge in [-0.15, -0.1) is 0 Å². The van der Waals surface area contributed by atoms with Gasteiger partial charge in [0.2, 0.25) is 0 Å². The zero-order valence-corrected chi connectivity index (χ0v) is 15.8. The van der Waals surface area contributed by atoms with Crippen LogP contribution in [0.2, 0.25) is 0 Å². The summed E-state index contributed by atoms with van der Waals surface area (Å²) in [6, 6.07) is 13.0. The molecule has 0 atom stereocenters. The molecule has 2 heterocycles. The van der Waals surface area contributed by atoms with E-state index in [1.165, 1.54) is 6.07 Å². The van der Waals surface area contributed by atoms with Gasteiger partial charge in [0.05, 0.1) is 16.8 Å². The van der Waals surface area contributed by atoms with E-state index in [4.69, 9.17) is 0 Å². The third-order valence-electron chi connectivity index (χ3n) is 5.25. The number of halogens is 1. The lowest BCUT2D eigenvalue weighted by molar-refractivity contribution is 0.0655. The van der Waals surface area contributed by atoms with E-state index in [9.17, 15) is 18.8 Å². The molecule has 4 rings (SSSR count). The average Bonchev–Trinajstić information content (AvgIpc) is 2.99. The highest BCUT2D eigenvalue weighted by Crippen LogP contribution is 2.22. The molecular formula is C21H21FN4O3. The maximum atomic E-state index is 13.9. The van der Waals surface area contributed by atoms with E-state index in [2.05, 4.69) is 5.32 Å². The number of benzene rings is 2. The first-order valence-electron chi connectivity index (χ1n) is 9.54. The van der Waals surface area contributed by atoms with Crippen LogP contribution in [0.5, 0.6) is 0 Å². The second kappa shape index (κ2) is 7.90. The monoisotopic (exact) mass is 396 g/mol. The number of amides is 4. The first-order valence-corrected chi connectivity index (χ1v) is 9.54. The molecule has 0 aliphatic carbocycles. The highest BCUT2D eigenvalue weighted by Gasteiger charge is 2.34. The second-order valence-corrected chi connectivity index (χ2v) is 6.96. The van der Waals surface area contributed by atoms with Crippen LogP contribution in [0.1, 0.15) is 20.7 Å². The Hall–Kier alpha value is -3.42. The van der Waals surface area contributed by atoms with E-state index in [1.54, 1.807) is 47.4 Å². The van der Waals surface area contributed by atoms with Crippen LogP contribution in [-0.2, 0) is 0 Å². The van der Waals surface area contributed by atoms with Crippen molar-refractivity contribution in [2.75, 3.05) is 44.2 Å². The van der Waals surface area contributed by atoms with Crippen molar-refractivity contribution in [3.8, 4) is 0 Å². The van der Waals surface area contributed by atoms with Crippen LogP contribution in [0.3, 0.4) is 0 Å². The Kier molecular flexibility index (Phi) is 5.16. The van der Waals surface area contributed by atoms with Gasteiger partial charge in [-0.25, -0.2) is 9.18 Å². The van der Waals surface area contributed by atoms with Crippen molar-refractivity contribution in [3.05, 3.63) is 65.5 Å². The van der Waals surface area contributed by atoms with E-state index >= 15 is 0 Å². The molecule has 4 amide bonds. The Labute approximate surface area is 167 Å². The molecule has 2 aromatic carbocycles. The van der Waals surface area contributed by atoms with Gasteiger partial charge >= 0.3 is 6.03 Å². The van der Waals surface area contributed by atoms with Crippen molar-refractivity contribution in [1.82, 2.24) is 15.1 Å². The van der Waals surface area contributed by atoms with Crippen molar-refractivity contribution in [1.29, 1.82) is 0 Å². The minimum atomic E-state index is -0.335. The standard InChI is InChI=1S/C21H21FN4O3/c22-17-7-3-4-8-18(17)24-11-13-25(14-12-24)21(29)23-9-10-26-19(27)15-5-1-2-6-16(15)20(26)28/h1-8H,9-14H2,(H,23,29). The number of rotatable bonds is 4. The topological polar surface area (TPSA) is 73.0 Å². The van der Waals surface area contributed by atoms with Crippen molar-refractivity contribution in [2.24, 2.45) is 0 Å². The zero-order chi connectivity index (χ0) is 20.4. The predicted molar refractivity (Wildman–Crippen MR) is 105 cm³/mol. The summed E-state index contributed by atoms with van der Waals surface area (Å²) < 4.78 is 13.9. The van der Waals surface area contributed by atoms with Crippen LogP contribution < -0.4 is 10.2 Å². The molecule has 7 nitrogen and oxygen atoms in total. The van der Waals surface area contributed by atoms with Gasteiger partial charge in [0.15, 0.2) is 0 Å². The van der Waals surface area contributed by atoms with Gasteiger partial charge in [-0.3, -0.25) is 14.5 Å². The van der Waals surface area contributed by atoms with E-state index in [0.29, 0.717) is 43.0 Å². The lowest BCUT2D eigenvalue weighted by atomic mass is 10.1. The van der Waals surface area contributed by atoms with Crippen LogP contribution in [0.15, 0.2) is 48.5 Å². The molecule has 29 heavy (non-hydrogen) atoms. The SMILES string of the molecule is O=C(NCCN1C(=O)c2ccccc2C1=O)N1CCN(c2ccccc2F)CC1. The lowest BCUT2D eigenvalue weighted by Crippen LogP contribution is -2.53. The highest BCUT2D eigenvalue weighted by molar-refractivity contribution is 6.21. The molecule has 0 radical (unpaired) electrons. The van der Waals surface area contributed by atoms with E-state index in [-0.39, 0.29) is 36.8 Å². The fourth-order valence-corrected chi connectivity index (χ4v) is 3.69. The maximum Gasteiger partial charge on any atom is 0.317 e. The van der Waals surface area contributed by atoms with Crippen LogP contribution in [0.4, 0.5) is 14.9 Å². The first-order chi connectivity index (χ1) is 14.1. The smallest absolute Gasteiger partial charge is 0.317 e. The van der Waals surface area contributed by atoms with Crippen molar-refractivity contribution in [3.63, 3.8) is 0 Å². The summed E-state index contributed by atoms with van der Waals surface area (Å²) in [5.41, 5.74) is 1.33. The number of hydrogen-bond donors (Lipinski definition) is 1. The molecule has 0 unspecified atom stereocenters. The van der Waals surface area contributed by atoms with Gasteiger partial charge < -0.3 is 15.1 Å². The summed E-state index contributed by atoms with van der Waals surface area (Å²) in [6.07, 6.45) is 0. The molecule has 2 aliphatic heterocycles. The van der Waals surface area contributed by atoms with Gasteiger partial charge in [-0.2, -0.15) is 0 Å². The van der Waals surface area contributed by atoms with Crippen LogP contribution in [0.25, 0.3) is 0 Å². The molecule has 2 aliphatic rings. The number of nitrogens with one attached hydrogen (secondary N) is 1. The number of hydrogen-bond acceptors (Lipinski definition) is 4.